The number of amides is 2. The first-order valence-corrected chi connectivity index (χ1v) is 11.9. The summed E-state index contributed by atoms with van der Waals surface area (Å²) >= 11 is 0. The van der Waals surface area contributed by atoms with Gasteiger partial charge in [0.25, 0.3) is 0 Å². The SMILES string of the molecule is CC(C)OC(=O)NC1CN(C(=O)CC2(c3ccccc3)C3CC4CC2CC(C3)C4O)C1. The molecule has 6 nitrogen and oxygen atoms in total. The predicted octanol–water partition coefficient (Wildman–Crippen LogP) is 3.09. The maximum Gasteiger partial charge on any atom is 0.407 e. The largest absolute Gasteiger partial charge is 0.447 e. The second-order valence-electron chi connectivity index (χ2n) is 10.5. The molecular formula is C25H34N2O4. The van der Waals surface area contributed by atoms with E-state index in [1.165, 1.54) is 5.56 Å². The van der Waals surface area contributed by atoms with E-state index in [4.69, 9.17) is 4.74 Å². The molecule has 6 heteroatoms. The third kappa shape index (κ3) is 3.53. The fourth-order valence-corrected chi connectivity index (χ4v) is 7.12. The van der Waals surface area contributed by atoms with Crippen molar-refractivity contribution in [3.63, 3.8) is 0 Å². The molecule has 0 atom stereocenters. The van der Waals surface area contributed by atoms with Crippen LogP contribution in [0.25, 0.3) is 0 Å². The fraction of sp³-hybridized carbons (Fsp3) is 0.680. The van der Waals surface area contributed by atoms with Gasteiger partial charge in [-0.3, -0.25) is 4.79 Å². The molecule has 0 aromatic heterocycles. The summed E-state index contributed by atoms with van der Waals surface area (Å²) in [5.41, 5.74) is 1.17. The van der Waals surface area contributed by atoms with Crippen LogP contribution in [0.2, 0.25) is 0 Å². The van der Waals surface area contributed by atoms with Crippen molar-refractivity contribution < 1.29 is 19.4 Å². The van der Waals surface area contributed by atoms with E-state index in [-0.39, 0.29) is 29.6 Å². The number of likely N-dealkylation sites (tertiary alicyclic amines) is 1. The van der Waals surface area contributed by atoms with Crippen molar-refractivity contribution in [2.45, 2.75) is 69.6 Å². The van der Waals surface area contributed by atoms with E-state index in [1.807, 2.05) is 24.8 Å². The van der Waals surface area contributed by atoms with Crippen LogP contribution in [-0.2, 0) is 14.9 Å². The highest BCUT2D eigenvalue weighted by Crippen LogP contribution is 2.64. The van der Waals surface area contributed by atoms with Crippen LogP contribution >= 0.6 is 0 Å². The lowest BCUT2D eigenvalue weighted by Gasteiger charge is -2.63. The second kappa shape index (κ2) is 7.80. The molecule has 1 heterocycles. The minimum absolute atomic E-state index is 0.0310. The Hall–Kier alpha value is -2.08. The van der Waals surface area contributed by atoms with Gasteiger partial charge in [-0.05, 0) is 68.8 Å². The van der Waals surface area contributed by atoms with Gasteiger partial charge in [-0.1, -0.05) is 30.3 Å². The number of aliphatic hydroxyl groups excluding tert-OH is 1. The summed E-state index contributed by atoms with van der Waals surface area (Å²) in [5, 5.41) is 13.5. The number of ether oxygens (including phenoxy) is 1. The van der Waals surface area contributed by atoms with E-state index >= 15 is 0 Å². The van der Waals surface area contributed by atoms with E-state index in [0.717, 1.165) is 25.7 Å². The average Bonchev–Trinajstić information content (AvgIpc) is 2.68. The third-order valence-electron chi connectivity index (χ3n) is 8.43. The molecular weight excluding hydrogens is 392 g/mol. The van der Waals surface area contributed by atoms with Crippen molar-refractivity contribution in [1.82, 2.24) is 10.2 Å². The van der Waals surface area contributed by atoms with Crippen LogP contribution in [0, 0.1) is 23.7 Å². The summed E-state index contributed by atoms with van der Waals surface area (Å²) in [4.78, 5) is 27.1. The number of nitrogens with one attached hydrogen (secondary N) is 1. The van der Waals surface area contributed by atoms with Crippen LogP contribution in [0.15, 0.2) is 30.3 Å². The van der Waals surface area contributed by atoms with Crippen molar-refractivity contribution in [3.8, 4) is 0 Å². The Morgan fingerprint density at radius 1 is 1.10 bits per heavy atom. The molecule has 0 radical (unpaired) electrons. The fourth-order valence-electron chi connectivity index (χ4n) is 7.12. The summed E-state index contributed by atoms with van der Waals surface area (Å²) in [6.07, 6.45) is 3.94. The third-order valence-corrected chi connectivity index (χ3v) is 8.43. The van der Waals surface area contributed by atoms with Gasteiger partial charge in [0.2, 0.25) is 5.91 Å². The smallest absolute Gasteiger partial charge is 0.407 e. The maximum absolute atomic E-state index is 13.4. The van der Waals surface area contributed by atoms with Gasteiger partial charge >= 0.3 is 6.09 Å². The molecule has 2 N–H and O–H groups in total. The van der Waals surface area contributed by atoms with Crippen molar-refractivity contribution in [2.24, 2.45) is 23.7 Å². The first-order chi connectivity index (χ1) is 14.9. The van der Waals surface area contributed by atoms with Crippen molar-refractivity contribution in [2.75, 3.05) is 13.1 Å². The normalized spacial score (nSPS) is 36.4. The lowest BCUT2D eigenvalue weighted by Crippen LogP contribution is -2.64. The van der Waals surface area contributed by atoms with Crippen LogP contribution in [-0.4, -0.2) is 53.3 Å². The molecule has 4 saturated carbocycles. The summed E-state index contributed by atoms with van der Waals surface area (Å²) in [6.45, 7) is 4.75. The Morgan fingerprint density at radius 3 is 2.23 bits per heavy atom. The molecule has 1 aliphatic heterocycles. The first-order valence-electron chi connectivity index (χ1n) is 11.9. The molecule has 6 rings (SSSR count). The summed E-state index contributed by atoms with van der Waals surface area (Å²) in [5.74, 6) is 1.91. The Balaban J connectivity index is 1.30. The number of aliphatic hydroxyl groups is 1. The lowest BCUT2D eigenvalue weighted by molar-refractivity contribution is -0.155. The Labute approximate surface area is 184 Å². The zero-order valence-corrected chi connectivity index (χ0v) is 18.5. The predicted molar refractivity (Wildman–Crippen MR) is 116 cm³/mol. The van der Waals surface area contributed by atoms with Gasteiger partial charge in [-0.15, -0.1) is 0 Å². The highest BCUT2D eigenvalue weighted by atomic mass is 16.6. The van der Waals surface area contributed by atoms with Gasteiger partial charge in [0, 0.05) is 24.9 Å². The quantitative estimate of drug-likeness (QED) is 0.758. The van der Waals surface area contributed by atoms with Crippen LogP contribution in [0.4, 0.5) is 4.79 Å². The van der Waals surface area contributed by atoms with Gasteiger partial charge in [0.05, 0.1) is 18.2 Å². The number of carbonyl (C=O) groups is 2. The van der Waals surface area contributed by atoms with E-state index in [2.05, 4.69) is 29.6 Å². The number of rotatable bonds is 5. The molecule has 0 spiro atoms. The maximum atomic E-state index is 13.4. The molecule has 1 saturated heterocycles. The summed E-state index contributed by atoms with van der Waals surface area (Å²) < 4.78 is 5.15. The number of carbonyl (C=O) groups excluding carboxylic acids is 2. The van der Waals surface area contributed by atoms with E-state index in [0.29, 0.717) is 43.2 Å². The minimum Gasteiger partial charge on any atom is -0.447 e. The number of alkyl carbamates (subject to hydrolysis) is 1. The lowest BCUT2D eigenvalue weighted by atomic mass is 9.42. The van der Waals surface area contributed by atoms with E-state index in [9.17, 15) is 14.7 Å². The number of hydrogen-bond acceptors (Lipinski definition) is 4. The highest BCUT2D eigenvalue weighted by molar-refractivity contribution is 5.79. The first kappa shape index (κ1) is 20.8. The molecule has 4 bridgehead atoms. The zero-order chi connectivity index (χ0) is 21.8. The van der Waals surface area contributed by atoms with Crippen LogP contribution in [0.5, 0.6) is 0 Å². The van der Waals surface area contributed by atoms with Gasteiger partial charge < -0.3 is 20.1 Å². The molecule has 4 aliphatic carbocycles. The number of hydrogen-bond donors (Lipinski definition) is 2. The number of benzene rings is 1. The molecule has 0 unspecified atom stereocenters. The van der Waals surface area contributed by atoms with Gasteiger partial charge in [-0.25, -0.2) is 4.79 Å². The van der Waals surface area contributed by atoms with Crippen molar-refractivity contribution in [3.05, 3.63) is 35.9 Å². The van der Waals surface area contributed by atoms with Gasteiger partial charge in [0.1, 0.15) is 0 Å². The molecule has 5 aliphatic rings. The molecule has 31 heavy (non-hydrogen) atoms. The topological polar surface area (TPSA) is 78.9 Å². The zero-order valence-electron chi connectivity index (χ0n) is 18.5. The Kier molecular flexibility index (Phi) is 5.24. The monoisotopic (exact) mass is 426 g/mol. The van der Waals surface area contributed by atoms with Gasteiger partial charge in [0.15, 0.2) is 0 Å². The average molecular weight is 427 g/mol. The Morgan fingerprint density at radius 2 is 1.68 bits per heavy atom. The Bertz CT molecular complexity index is 803. The van der Waals surface area contributed by atoms with Crippen molar-refractivity contribution in [1.29, 1.82) is 0 Å². The minimum atomic E-state index is -0.410. The van der Waals surface area contributed by atoms with Crippen LogP contribution in [0.1, 0.15) is 51.5 Å². The van der Waals surface area contributed by atoms with Gasteiger partial charge in [-0.2, -0.15) is 0 Å². The molecule has 2 amide bonds. The summed E-state index contributed by atoms with van der Waals surface area (Å²) in [6, 6.07) is 10.6. The standard InChI is InChI=1S/C25H34N2O4/c1-15(2)31-24(30)26-21-13-27(14-21)22(28)12-25(18-6-4-3-5-7-18)19-8-16-9-20(25)11-17(10-19)23(16)29/h3-7,15-17,19-21,23,29H,8-14H2,1-2H3,(H,26,30). The second-order valence-corrected chi connectivity index (χ2v) is 10.5. The summed E-state index contributed by atoms with van der Waals surface area (Å²) in [7, 11) is 0. The molecule has 1 aromatic rings. The molecule has 5 fully saturated rings. The van der Waals surface area contributed by atoms with Crippen LogP contribution < -0.4 is 5.32 Å². The highest BCUT2D eigenvalue weighted by Gasteiger charge is 2.61. The van der Waals surface area contributed by atoms with E-state index in [1.54, 1.807) is 0 Å². The van der Waals surface area contributed by atoms with Crippen molar-refractivity contribution >= 4 is 12.0 Å². The number of nitrogens with zero attached hydrogens (tertiary/aromatic N) is 1. The molecule has 168 valence electrons. The molecule has 1 aromatic carbocycles. The van der Waals surface area contributed by atoms with Crippen LogP contribution in [0.3, 0.4) is 0 Å². The van der Waals surface area contributed by atoms with E-state index < -0.39 is 6.09 Å².